The summed E-state index contributed by atoms with van der Waals surface area (Å²) in [5, 5.41) is 3.90. The quantitative estimate of drug-likeness (QED) is 0.906. The maximum absolute atomic E-state index is 5.95. The van der Waals surface area contributed by atoms with Crippen molar-refractivity contribution in [2.45, 2.75) is 75.2 Å². The molecule has 20 heavy (non-hydrogen) atoms. The van der Waals surface area contributed by atoms with Crippen LogP contribution in [0.2, 0.25) is 0 Å². The van der Waals surface area contributed by atoms with Gasteiger partial charge in [0.15, 0.2) is 0 Å². The summed E-state index contributed by atoms with van der Waals surface area (Å²) in [5.41, 5.74) is 1.54. The first-order chi connectivity index (χ1) is 9.88. The Kier molecular flexibility index (Phi) is 3.53. The van der Waals surface area contributed by atoms with Crippen LogP contribution in [-0.2, 0) is 4.74 Å². The summed E-state index contributed by atoms with van der Waals surface area (Å²) >= 11 is 0. The molecule has 1 aliphatic carbocycles. The molecule has 3 fully saturated rings. The standard InChI is InChI=1S/C18H25NO/c1-2-4-13(5-3-1)14-6-8-15(9-7-14)19-17-12-16-10-11-18(17)20-16/h1-5,14-19H,6-12H2. The molecule has 1 aromatic carbocycles. The second kappa shape index (κ2) is 5.50. The molecule has 1 aromatic rings. The van der Waals surface area contributed by atoms with Crippen LogP contribution in [0.1, 0.15) is 56.4 Å². The highest BCUT2D eigenvalue weighted by Crippen LogP contribution is 2.37. The minimum atomic E-state index is 0.520. The van der Waals surface area contributed by atoms with E-state index in [-0.39, 0.29) is 0 Å². The van der Waals surface area contributed by atoms with E-state index in [1.54, 1.807) is 0 Å². The maximum Gasteiger partial charge on any atom is 0.0733 e. The van der Waals surface area contributed by atoms with E-state index < -0.39 is 0 Å². The third-order valence-corrected chi connectivity index (χ3v) is 5.55. The van der Waals surface area contributed by atoms with Crippen molar-refractivity contribution in [2.75, 3.05) is 0 Å². The highest BCUT2D eigenvalue weighted by Gasteiger charge is 2.41. The van der Waals surface area contributed by atoms with Crippen LogP contribution in [0.25, 0.3) is 0 Å². The molecule has 2 heteroatoms. The molecule has 1 saturated carbocycles. The zero-order chi connectivity index (χ0) is 13.4. The fourth-order valence-corrected chi connectivity index (χ4v) is 4.43. The van der Waals surface area contributed by atoms with E-state index in [0.29, 0.717) is 18.2 Å². The number of benzene rings is 1. The van der Waals surface area contributed by atoms with Crippen LogP contribution in [0, 0.1) is 0 Å². The van der Waals surface area contributed by atoms with Crippen molar-refractivity contribution in [3.05, 3.63) is 35.9 Å². The van der Waals surface area contributed by atoms with Crippen LogP contribution < -0.4 is 5.32 Å². The van der Waals surface area contributed by atoms with E-state index in [0.717, 1.165) is 12.0 Å². The van der Waals surface area contributed by atoms with E-state index in [1.165, 1.54) is 50.5 Å². The van der Waals surface area contributed by atoms with E-state index in [9.17, 15) is 0 Å². The first kappa shape index (κ1) is 12.8. The van der Waals surface area contributed by atoms with E-state index in [4.69, 9.17) is 4.74 Å². The smallest absolute Gasteiger partial charge is 0.0733 e. The molecule has 0 spiro atoms. The van der Waals surface area contributed by atoms with Crippen LogP contribution in [0.3, 0.4) is 0 Å². The maximum atomic E-state index is 5.95. The lowest BCUT2D eigenvalue weighted by atomic mass is 9.81. The molecule has 0 amide bonds. The first-order valence-corrected chi connectivity index (χ1v) is 8.35. The molecule has 2 aliphatic heterocycles. The molecule has 3 atom stereocenters. The third-order valence-electron chi connectivity index (χ3n) is 5.55. The lowest BCUT2D eigenvalue weighted by molar-refractivity contribution is 0.0949. The Bertz CT molecular complexity index is 438. The summed E-state index contributed by atoms with van der Waals surface area (Å²) in [6.45, 7) is 0. The van der Waals surface area contributed by atoms with Gasteiger partial charge in [-0.1, -0.05) is 30.3 Å². The van der Waals surface area contributed by atoms with Crippen LogP contribution in [0.5, 0.6) is 0 Å². The number of fused-ring (bicyclic) bond motifs is 2. The third kappa shape index (κ3) is 2.51. The number of ether oxygens (including phenoxy) is 1. The fraction of sp³-hybridized carbons (Fsp3) is 0.667. The van der Waals surface area contributed by atoms with Crippen molar-refractivity contribution >= 4 is 0 Å². The van der Waals surface area contributed by atoms with Gasteiger partial charge in [-0.2, -0.15) is 0 Å². The van der Waals surface area contributed by atoms with E-state index in [2.05, 4.69) is 35.6 Å². The van der Waals surface area contributed by atoms with Crippen molar-refractivity contribution in [1.29, 1.82) is 0 Å². The molecule has 2 nitrogen and oxygen atoms in total. The predicted molar refractivity (Wildman–Crippen MR) is 80.9 cm³/mol. The molecule has 2 heterocycles. The Morgan fingerprint density at radius 1 is 0.900 bits per heavy atom. The molecule has 1 N–H and O–H groups in total. The summed E-state index contributed by atoms with van der Waals surface area (Å²) in [7, 11) is 0. The minimum absolute atomic E-state index is 0.520. The monoisotopic (exact) mass is 271 g/mol. The number of rotatable bonds is 3. The lowest BCUT2D eigenvalue weighted by Crippen LogP contribution is -2.45. The van der Waals surface area contributed by atoms with Crippen LogP contribution >= 0.6 is 0 Å². The van der Waals surface area contributed by atoms with Gasteiger partial charge in [-0.05, 0) is 56.4 Å². The molecule has 3 unspecified atom stereocenters. The number of nitrogens with one attached hydrogen (secondary N) is 1. The van der Waals surface area contributed by atoms with Gasteiger partial charge in [0.1, 0.15) is 0 Å². The largest absolute Gasteiger partial charge is 0.373 e. The van der Waals surface area contributed by atoms with Gasteiger partial charge in [-0.25, -0.2) is 0 Å². The fourth-order valence-electron chi connectivity index (χ4n) is 4.43. The van der Waals surface area contributed by atoms with Crippen LogP contribution in [0.4, 0.5) is 0 Å². The van der Waals surface area contributed by atoms with Gasteiger partial charge in [0.2, 0.25) is 0 Å². The molecule has 2 saturated heterocycles. The molecule has 0 aromatic heterocycles. The van der Waals surface area contributed by atoms with Gasteiger partial charge in [-0.3, -0.25) is 0 Å². The summed E-state index contributed by atoms with van der Waals surface area (Å²) in [4.78, 5) is 0. The van der Waals surface area contributed by atoms with Gasteiger partial charge >= 0.3 is 0 Å². The molecule has 0 radical (unpaired) electrons. The predicted octanol–water partition coefficient (Wildman–Crippen LogP) is 3.62. The second-order valence-corrected chi connectivity index (χ2v) is 6.84. The topological polar surface area (TPSA) is 21.3 Å². The summed E-state index contributed by atoms with van der Waals surface area (Å²) in [5.74, 6) is 0.783. The van der Waals surface area contributed by atoms with Gasteiger partial charge in [0, 0.05) is 12.1 Å². The van der Waals surface area contributed by atoms with Gasteiger partial charge < -0.3 is 10.1 Å². The minimum Gasteiger partial charge on any atom is -0.373 e. The van der Waals surface area contributed by atoms with E-state index >= 15 is 0 Å². The van der Waals surface area contributed by atoms with Crippen LogP contribution in [-0.4, -0.2) is 24.3 Å². The van der Waals surface area contributed by atoms with E-state index in [1.807, 2.05) is 0 Å². The number of hydrogen-bond donors (Lipinski definition) is 1. The second-order valence-electron chi connectivity index (χ2n) is 6.84. The van der Waals surface area contributed by atoms with Crippen LogP contribution in [0.15, 0.2) is 30.3 Å². The zero-order valence-corrected chi connectivity index (χ0v) is 12.1. The number of hydrogen-bond acceptors (Lipinski definition) is 2. The summed E-state index contributed by atoms with van der Waals surface area (Å²) < 4.78 is 5.95. The summed E-state index contributed by atoms with van der Waals surface area (Å²) in [6.07, 6.45) is 10.2. The van der Waals surface area contributed by atoms with Gasteiger partial charge in [0.05, 0.1) is 12.2 Å². The lowest BCUT2D eigenvalue weighted by Gasteiger charge is -2.33. The Morgan fingerprint density at radius 3 is 2.35 bits per heavy atom. The van der Waals surface area contributed by atoms with Gasteiger partial charge in [-0.15, -0.1) is 0 Å². The first-order valence-electron chi connectivity index (χ1n) is 8.35. The summed E-state index contributed by atoms with van der Waals surface area (Å²) in [6, 6.07) is 12.4. The molecule has 4 rings (SSSR count). The molecular formula is C18H25NO. The average molecular weight is 271 g/mol. The van der Waals surface area contributed by atoms with Crippen molar-refractivity contribution < 1.29 is 4.74 Å². The molecule has 108 valence electrons. The Hall–Kier alpha value is -0.860. The molecular weight excluding hydrogens is 246 g/mol. The zero-order valence-electron chi connectivity index (χ0n) is 12.1. The average Bonchev–Trinajstić information content (AvgIpc) is 3.12. The molecule has 3 aliphatic rings. The van der Waals surface area contributed by atoms with Gasteiger partial charge in [0.25, 0.3) is 0 Å². The van der Waals surface area contributed by atoms with Crippen molar-refractivity contribution in [3.8, 4) is 0 Å². The van der Waals surface area contributed by atoms with Crippen molar-refractivity contribution in [2.24, 2.45) is 0 Å². The SMILES string of the molecule is c1ccc(C2CCC(NC3CC4CCC3O4)CC2)cc1. The molecule has 2 bridgehead atoms. The highest BCUT2D eigenvalue weighted by molar-refractivity contribution is 5.20. The Morgan fingerprint density at radius 2 is 1.70 bits per heavy atom. The highest BCUT2D eigenvalue weighted by atomic mass is 16.5. The van der Waals surface area contributed by atoms with Crippen molar-refractivity contribution in [3.63, 3.8) is 0 Å². The Balaban J connectivity index is 1.29. The Labute approximate surface area is 121 Å². The normalized spacial score (nSPS) is 40.1. The van der Waals surface area contributed by atoms with Crippen molar-refractivity contribution in [1.82, 2.24) is 5.32 Å².